The van der Waals surface area contributed by atoms with Crippen LogP contribution in [0.15, 0.2) is 53.9 Å². The number of esters is 1. The molecule has 0 fully saturated rings. The lowest BCUT2D eigenvalue weighted by atomic mass is 10.0. The van der Waals surface area contributed by atoms with Crippen LogP contribution in [0.3, 0.4) is 0 Å². The first kappa shape index (κ1) is 20.2. The summed E-state index contributed by atoms with van der Waals surface area (Å²) < 4.78 is 4.91. The Bertz CT molecular complexity index is 1070. The third-order valence-electron chi connectivity index (χ3n) is 4.40. The zero-order valence-electron chi connectivity index (χ0n) is 15.8. The number of thiophene rings is 1. The van der Waals surface area contributed by atoms with E-state index in [2.05, 4.69) is 12.2 Å². The Labute approximate surface area is 171 Å². The number of carbonyl (C=O) groups is 2. The largest absolute Gasteiger partial charge is 0.465 e. The van der Waals surface area contributed by atoms with Crippen molar-refractivity contribution in [3.8, 4) is 11.1 Å². The van der Waals surface area contributed by atoms with Crippen molar-refractivity contribution >= 4 is 33.9 Å². The molecular weight excluding hydrogens is 392 g/mol. The first-order valence-corrected chi connectivity index (χ1v) is 9.67. The quantitative estimate of drug-likeness (QED) is 0.353. The minimum Gasteiger partial charge on any atom is -0.465 e. The monoisotopic (exact) mass is 410 g/mol. The van der Waals surface area contributed by atoms with Crippen LogP contribution in [0.5, 0.6) is 0 Å². The standard InChI is InChI=1S/C21H18N2O5S/c1-3-13-7-9-14(10-8-13)17-12-29-20(18(17)21(25)28-2)22-19(24)15-5-4-6-16(11-15)23(26)27/h4-12H,3H2,1-2H3,(H,22,24). The highest BCUT2D eigenvalue weighted by Crippen LogP contribution is 2.36. The second-order valence-corrected chi connectivity index (χ2v) is 7.04. The van der Waals surface area contributed by atoms with Crippen LogP contribution in [0.25, 0.3) is 11.1 Å². The molecule has 148 valence electrons. The third kappa shape index (κ3) is 4.33. The van der Waals surface area contributed by atoms with E-state index in [1.807, 2.05) is 24.3 Å². The van der Waals surface area contributed by atoms with Gasteiger partial charge in [-0.25, -0.2) is 4.79 Å². The lowest BCUT2D eigenvalue weighted by molar-refractivity contribution is -0.384. The molecule has 2 aromatic carbocycles. The Morgan fingerprint density at radius 1 is 1.17 bits per heavy atom. The molecule has 7 nitrogen and oxygen atoms in total. The molecule has 0 aliphatic carbocycles. The highest BCUT2D eigenvalue weighted by molar-refractivity contribution is 7.15. The maximum Gasteiger partial charge on any atom is 0.341 e. The number of ether oxygens (including phenoxy) is 1. The topological polar surface area (TPSA) is 98.5 Å². The van der Waals surface area contributed by atoms with Gasteiger partial charge in [0.25, 0.3) is 11.6 Å². The van der Waals surface area contributed by atoms with Gasteiger partial charge in [0.2, 0.25) is 0 Å². The van der Waals surface area contributed by atoms with E-state index in [1.54, 1.807) is 5.38 Å². The molecule has 1 aromatic heterocycles. The Balaban J connectivity index is 1.96. The van der Waals surface area contributed by atoms with Crippen LogP contribution in [-0.4, -0.2) is 23.9 Å². The summed E-state index contributed by atoms with van der Waals surface area (Å²) in [6.45, 7) is 2.06. The summed E-state index contributed by atoms with van der Waals surface area (Å²) in [6.07, 6.45) is 0.901. The van der Waals surface area contributed by atoms with Crippen LogP contribution in [0.1, 0.15) is 33.2 Å². The minimum absolute atomic E-state index is 0.122. The molecule has 0 aliphatic heterocycles. The lowest BCUT2D eigenvalue weighted by Gasteiger charge is -2.08. The summed E-state index contributed by atoms with van der Waals surface area (Å²) >= 11 is 1.19. The lowest BCUT2D eigenvalue weighted by Crippen LogP contribution is -2.14. The van der Waals surface area contributed by atoms with Crippen LogP contribution < -0.4 is 5.32 Å². The maximum atomic E-state index is 12.6. The van der Waals surface area contributed by atoms with Crippen molar-refractivity contribution in [3.05, 3.63) is 80.7 Å². The Hall–Kier alpha value is -3.52. The number of rotatable bonds is 6. The van der Waals surface area contributed by atoms with Gasteiger partial charge in [-0.05, 0) is 23.6 Å². The molecule has 1 heterocycles. The Morgan fingerprint density at radius 3 is 2.52 bits per heavy atom. The zero-order chi connectivity index (χ0) is 21.0. The normalized spacial score (nSPS) is 10.4. The molecule has 1 amide bonds. The molecule has 29 heavy (non-hydrogen) atoms. The number of methoxy groups -OCH3 is 1. The molecule has 0 unspecified atom stereocenters. The van der Waals surface area contributed by atoms with Gasteiger partial charge in [-0.1, -0.05) is 37.3 Å². The number of anilines is 1. The second-order valence-electron chi connectivity index (χ2n) is 6.16. The number of non-ortho nitro benzene ring substituents is 1. The first-order chi connectivity index (χ1) is 13.9. The number of hydrogen-bond donors (Lipinski definition) is 1. The third-order valence-corrected chi connectivity index (χ3v) is 5.30. The molecular formula is C21H18N2O5S. The zero-order valence-corrected chi connectivity index (χ0v) is 16.6. The fourth-order valence-corrected chi connectivity index (χ4v) is 3.78. The van der Waals surface area contributed by atoms with E-state index in [1.165, 1.54) is 48.3 Å². The van der Waals surface area contributed by atoms with Gasteiger partial charge in [-0.15, -0.1) is 11.3 Å². The van der Waals surface area contributed by atoms with Gasteiger partial charge in [0, 0.05) is 28.6 Å². The van der Waals surface area contributed by atoms with E-state index < -0.39 is 16.8 Å². The highest BCUT2D eigenvalue weighted by atomic mass is 32.1. The number of nitro benzene ring substituents is 1. The average molecular weight is 410 g/mol. The number of benzene rings is 2. The maximum absolute atomic E-state index is 12.6. The number of carbonyl (C=O) groups excluding carboxylic acids is 2. The van der Waals surface area contributed by atoms with Crippen LogP contribution in [-0.2, 0) is 11.2 Å². The van der Waals surface area contributed by atoms with Crippen molar-refractivity contribution in [3.63, 3.8) is 0 Å². The predicted molar refractivity (Wildman–Crippen MR) is 112 cm³/mol. The summed E-state index contributed by atoms with van der Waals surface area (Å²) in [5, 5.41) is 15.7. The highest BCUT2D eigenvalue weighted by Gasteiger charge is 2.23. The number of aryl methyl sites for hydroxylation is 1. The van der Waals surface area contributed by atoms with Crippen LogP contribution in [0, 0.1) is 10.1 Å². The summed E-state index contributed by atoms with van der Waals surface area (Å²) in [4.78, 5) is 35.4. The van der Waals surface area contributed by atoms with Crippen LogP contribution >= 0.6 is 11.3 Å². The number of nitrogens with one attached hydrogen (secondary N) is 1. The van der Waals surface area contributed by atoms with Gasteiger partial charge < -0.3 is 10.1 Å². The van der Waals surface area contributed by atoms with E-state index >= 15 is 0 Å². The summed E-state index contributed by atoms with van der Waals surface area (Å²) in [7, 11) is 1.27. The molecule has 3 aromatic rings. The van der Waals surface area contributed by atoms with Gasteiger partial charge in [0.05, 0.1) is 12.0 Å². The molecule has 0 saturated heterocycles. The molecule has 1 N–H and O–H groups in total. The van der Waals surface area contributed by atoms with Gasteiger partial charge in [-0.2, -0.15) is 0 Å². The van der Waals surface area contributed by atoms with Crippen LogP contribution in [0.2, 0.25) is 0 Å². The van der Waals surface area contributed by atoms with Crippen molar-refractivity contribution in [1.82, 2.24) is 0 Å². The van der Waals surface area contributed by atoms with Crippen LogP contribution in [0.4, 0.5) is 10.7 Å². The van der Waals surface area contributed by atoms with Gasteiger partial charge in [0.1, 0.15) is 10.6 Å². The molecule has 0 aliphatic rings. The molecule has 3 rings (SSSR count). The molecule has 0 atom stereocenters. The van der Waals surface area contributed by atoms with E-state index in [-0.39, 0.29) is 16.8 Å². The fourth-order valence-electron chi connectivity index (χ4n) is 2.82. The summed E-state index contributed by atoms with van der Waals surface area (Å²) in [6, 6.07) is 13.2. The van der Waals surface area contributed by atoms with Gasteiger partial charge in [-0.3, -0.25) is 14.9 Å². The minimum atomic E-state index is -0.574. The Kier molecular flexibility index (Phi) is 6.04. The number of hydrogen-bond acceptors (Lipinski definition) is 6. The van der Waals surface area contributed by atoms with Crippen molar-refractivity contribution in [2.24, 2.45) is 0 Å². The number of nitro groups is 1. The average Bonchev–Trinajstić information content (AvgIpc) is 3.16. The van der Waals surface area contributed by atoms with Crippen molar-refractivity contribution in [2.75, 3.05) is 12.4 Å². The van der Waals surface area contributed by atoms with E-state index in [0.717, 1.165) is 12.0 Å². The smallest absolute Gasteiger partial charge is 0.341 e. The molecule has 0 saturated carbocycles. The molecule has 0 spiro atoms. The van der Waals surface area contributed by atoms with E-state index in [4.69, 9.17) is 4.74 Å². The number of nitrogens with zero attached hydrogens (tertiary/aromatic N) is 1. The van der Waals surface area contributed by atoms with E-state index in [0.29, 0.717) is 10.6 Å². The summed E-state index contributed by atoms with van der Waals surface area (Å²) in [5.41, 5.74) is 2.84. The SMILES string of the molecule is CCc1ccc(-c2csc(NC(=O)c3cccc([N+](=O)[O-])c3)c2C(=O)OC)cc1. The van der Waals surface area contributed by atoms with Crippen molar-refractivity contribution < 1.29 is 19.2 Å². The van der Waals surface area contributed by atoms with Crippen molar-refractivity contribution in [1.29, 1.82) is 0 Å². The molecule has 0 bridgehead atoms. The second kappa shape index (κ2) is 8.66. The van der Waals surface area contributed by atoms with Crippen molar-refractivity contribution in [2.45, 2.75) is 13.3 Å². The van der Waals surface area contributed by atoms with Gasteiger partial charge in [0.15, 0.2) is 0 Å². The predicted octanol–water partition coefficient (Wildman–Crippen LogP) is 4.92. The molecule has 8 heteroatoms. The molecule has 0 radical (unpaired) electrons. The summed E-state index contributed by atoms with van der Waals surface area (Å²) in [5.74, 6) is -1.12. The van der Waals surface area contributed by atoms with Gasteiger partial charge >= 0.3 is 5.97 Å². The number of amides is 1. The Morgan fingerprint density at radius 2 is 1.90 bits per heavy atom. The fraction of sp³-hybridized carbons (Fsp3) is 0.143. The first-order valence-electron chi connectivity index (χ1n) is 8.79. The van der Waals surface area contributed by atoms with E-state index in [9.17, 15) is 19.7 Å².